The molecule has 1 aromatic heterocycles. The third kappa shape index (κ3) is 2.79. The molecule has 1 atom stereocenters. The van der Waals surface area contributed by atoms with E-state index in [1.54, 1.807) is 44.6 Å². The summed E-state index contributed by atoms with van der Waals surface area (Å²) >= 11 is 0. The lowest BCUT2D eigenvalue weighted by Crippen LogP contribution is -2.27. The van der Waals surface area contributed by atoms with E-state index in [2.05, 4.69) is 9.82 Å². The Labute approximate surface area is 135 Å². The summed E-state index contributed by atoms with van der Waals surface area (Å²) in [5.74, 6) is 1.30. The lowest BCUT2D eigenvalue weighted by Gasteiger charge is -2.15. The van der Waals surface area contributed by atoms with Crippen LogP contribution >= 0.6 is 0 Å². The summed E-state index contributed by atoms with van der Waals surface area (Å²) in [7, 11) is -1.94. The first kappa shape index (κ1) is 15.8. The molecule has 0 amide bonds. The summed E-state index contributed by atoms with van der Waals surface area (Å²) in [4.78, 5) is 0.229. The predicted molar refractivity (Wildman–Crippen MR) is 84.0 cm³/mol. The zero-order valence-electron chi connectivity index (χ0n) is 13.5. The van der Waals surface area contributed by atoms with Crippen molar-refractivity contribution < 1.29 is 17.9 Å². The second kappa shape index (κ2) is 5.54. The van der Waals surface area contributed by atoms with Gasteiger partial charge >= 0.3 is 0 Å². The highest BCUT2D eigenvalue weighted by Gasteiger charge is 2.26. The van der Waals surface area contributed by atoms with Crippen molar-refractivity contribution in [1.82, 2.24) is 14.5 Å². The summed E-state index contributed by atoms with van der Waals surface area (Å²) in [5.41, 5.74) is 1.89. The Morgan fingerprint density at radius 3 is 2.61 bits per heavy atom. The maximum absolute atomic E-state index is 12.7. The number of rotatable bonds is 4. The highest BCUT2D eigenvalue weighted by Crippen LogP contribution is 2.34. The van der Waals surface area contributed by atoms with Crippen molar-refractivity contribution in [2.45, 2.75) is 31.7 Å². The third-order valence-corrected chi connectivity index (χ3v) is 5.73. The fourth-order valence-electron chi connectivity index (χ4n) is 2.69. The van der Waals surface area contributed by atoms with Crippen molar-refractivity contribution in [3.05, 3.63) is 35.2 Å². The monoisotopic (exact) mass is 337 g/mol. The van der Waals surface area contributed by atoms with E-state index in [1.165, 1.54) is 0 Å². The van der Waals surface area contributed by atoms with E-state index >= 15 is 0 Å². The van der Waals surface area contributed by atoms with Gasteiger partial charge in [0.1, 0.15) is 4.90 Å². The Kier molecular flexibility index (Phi) is 3.81. The molecule has 7 nitrogen and oxygen atoms in total. The van der Waals surface area contributed by atoms with Gasteiger partial charge in [0.15, 0.2) is 11.5 Å². The number of nitrogens with one attached hydrogen (secondary N) is 1. The van der Waals surface area contributed by atoms with E-state index in [-0.39, 0.29) is 11.7 Å². The summed E-state index contributed by atoms with van der Waals surface area (Å²) < 4.78 is 40.2. The molecular weight excluding hydrogens is 318 g/mol. The van der Waals surface area contributed by atoms with Gasteiger partial charge in [-0.2, -0.15) is 5.10 Å². The molecule has 0 spiro atoms. The van der Waals surface area contributed by atoms with Crippen molar-refractivity contribution in [2.75, 3.05) is 6.79 Å². The largest absolute Gasteiger partial charge is 0.454 e. The Hall–Kier alpha value is -2.06. The average molecular weight is 337 g/mol. The first-order valence-corrected chi connectivity index (χ1v) is 8.70. The van der Waals surface area contributed by atoms with Crippen LogP contribution in [0.4, 0.5) is 0 Å². The number of hydrogen-bond acceptors (Lipinski definition) is 5. The molecule has 8 heteroatoms. The standard InChI is InChI=1S/C15H19N3O4S/c1-9(12-5-6-13-14(7-12)22-8-21-13)17-23(19,20)15-10(2)16-18(4)11(15)3/h5-7,9,17H,8H2,1-4H3. The summed E-state index contributed by atoms with van der Waals surface area (Å²) in [5, 5.41) is 4.17. The molecule has 0 saturated heterocycles. The number of fused-ring (bicyclic) bond motifs is 1. The van der Waals surface area contributed by atoms with Crippen LogP contribution in [-0.4, -0.2) is 25.0 Å². The maximum Gasteiger partial charge on any atom is 0.244 e. The first-order valence-electron chi connectivity index (χ1n) is 7.21. The number of ether oxygens (including phenoxy) is 2. The minimum atomic E-state index is -3.67. The second-order valence-corrected chi connectivity index (χ2v) is 7.23. The fraction of sp³-hybridized carbons (Fsp3) is 0.400. The van der Waals surface area contributed by atoms with Gasteiger partial charge < -0.3 is 9.47 Å². The Bertz CT molecular complexity index is 858. The van der Waals surface area contributed by atoms with Gasteiger partial charge in [-0.1, -0.05) is 6.07 Å². The molecule has 1 N–H and O–H groups in total. The number of benzene rings is 1. The average Bonchev–Trinajstić information content (AvgIpc) is 3.02. The first-order chi connectivity index (χ1) is 10.8. The Balaban J connectivity index is 1.88. The zero-order valence-corrected chi connectivity index (χ0v) is 14.3. The molecule has 0 aliphatic carbocycles. The number of aromatic nitrogens is 2. The van der Waals surface area contributed by atoms with Crippen LogP contribution in [0.25, 0.3) is 0 Å². The van der Waals surface area contributed by atoms with Gasteiger partial charge in [-0.15, -0.1) is 0 Å². The van der Waals surface area contributed by atoms with Crippen LogP contribution in [0.2, 0.25) is 0 Å². The minimum absolute atomic E-state index is 0.187. The normalized spacial score (nSPS) is 15.0. The minimum Gasteiger partial charge on any atom is -0.454 e. The Morgan fingerprint density at radius 2 is 1.96 bits per heavy atom. The number of hydrogen-bond donors (Lipinski definition) is 1. The summed E-state index contributed by atoms with van der Waals surface area (Å²) in [6.07, 6.45) is 0. The van der Waals surface area contributed by atoms with Gasteiger partial charge in [-0.25, -0.2) is 13.1 Å². The number of aryl methyl sites for hydroxylation is 2. The van der Waals surface area contributed by atoms with Crippen LogP contribution in [0.1, 0.15) is 29.9 Å². The van der Waals surface area contributed by atoms with Crippen LogP contribution in [0, 0.1) is 13.8 Å². The predicted octanol–water partition coefficient (Wildman–Crippen LogP) is 1.81. The molecule has 124 valence electrons. The fourth-order valence-corrected chi connectivity index (χ4v) is 4.36. The molecule has 23 heavy (non-hydrogen) atoms. The molecule has 1 aliphatic rings. The van der Waals surface area contributed by atoms with E-state index in [9.17, 15) is 8.42 Å². The van der Waals surface area contributed by atoms with Crippen LogP contribution < -0.4 is 14.2 Å². The molecule has 1 aromatic carbocycles. The quantitative estimate of drug-likeness (QED) is 0.920. The van der Waals surface area contributed by atoms with Gasteiger partial charge in [-0.3, -0.25) is 4.68 Å². The van der Waals surface area contributed by atoms with Crippen molar-refractivity contribution >= 4 is 10.0 Å². The highest BCUT2D eigenvalue weighted by molar-refractivity contribution is 7.89. The van der Waals surface area contributed by atoms with E-state index in [1.807, 2.05) is 6.07 Å². The smallest absolute Gasteiger partial charge is 0.244 e. The van der Waals surface area contributed by atoms with E-state index in [0.717, 1.165) is 5.56 Å². The summed E-state index contributed by atoms with van der Waals surface area (Å²) in [6.45, 7) is 5.40. The van der Waals surface area contributed by atoms with Gasteiger partial charge in [-0.05, 0) is 38.5 Å². The maximum atomic E-state index is 12.7. The lowest BCUT2D eigenvalue weighted by molar-refractivity contribution is 0.174. The van der Waals surface area contributed by atoms with Crippen LogP contribution in [0.3, 0.4) is 0 Å². The van der Waals surface area contributed by atoms with E-state index < -0.39 is 16.1 Å². The molecule has 0 fully saturated rings. The van der Waals surface area contributed by atoms with Crippen molar-refractivity contribution in [2.24, 2.45) is 7.05 Å². The highest BCUT2D eigenvalue weighted by atomic mass is 32.2. The Morgan fingerprint density at radius 1 is 1.26 bits per heavy atom. The molecule has 1 unspecified atom stereocenters. The third-order valence-electron chi connectivity index (χ3n) is 3.94. The molecule has 2 aromatic rings. The van der Waals surface area contributed by atoms with Crippen LogP contribution in [0.15, 0.2) is 23.1 Å². The summed E-state index contributed by atoms with van der Waals surface area (Å²) in [6, 6.07) is 4.99. The lowest BCUT2D eigenvalue weighted by atomic mass is 10.1. The van der Waals surface area contributed by atoms with Crippen molar-refractivity contribution in [3.63, 3.8) is 0 Å². The molecule has 0 saturated carbocycles. The molecule has 1 aliphatic heterocycles. The van der Waals surface area contributed by atoms with E-state index in [4.69, 9.17) is 9.47 Å². The van der Waals surface area contributed by atoms with Gasteiger partial charge in [0.05, 0.1) is 11.4 Å². The number of nitrogens with zero attached hydrogens (tertiary/aromatic N) is 2. The van der Waals surface area contributed by atoms with Gasteiger partial charge in [0.2, 0.25) is 16.8 Å². The van der Waals surface area contributed by atoms with Crippen LogP contribution in [0.5, 0.6) is 11.5 Å². The molecule has 0 radical (unpaired) electrons. The molecule has 3 rings (SSSR count). The van der Waals surface area contributed by atoms with Crippen molar-refractivity contribution in [1.29, 1.82) is 0 Å². The van der Waals surface area contributed by atoms with E-state index in [0.29, 0.717) is 22.9 Å². The number of sulfonamides is 1. The zero-order chi connectivity index (χ0) is 16.8. The topological polar surface area (TPSA) is 82.5 Å². The van der Waals surface area contributed by atoms with Gasteiger partial charge in [0.25, 0.3) is 0 Å². The second-order valence-electron chi connectivity index (χ2n) is 5.58. The molecule has 2 heterocycles. The van der Waals surface area contributed by atoms with Gasteiger partial charge in [0, 0.05) is 13.1 Å². The van der Waals surface area contributed by atoms with Crippen molar-refractivity contribution in [3.8, 4) is 11.5 Å². The molecule has 0 bridgehead atoms. The van der Waals surface area contributed by atoms with Crippen LogP contribution in [-0.2, 0) is 17.1 Å². The SMILES string of the molecule is Cc1nn(C)c(C)c1S(=O)(=O)NC(C)c1ccc2c(c1)OCO2. The molecular formula is C15H19N3O4S.